The molecule has 0 spiro atoms. The van der Waals surface area contributed by atoms with E-state index in [1.807, 2.05) is 18.0 Å². The summed E-state index contributed by atoms with van der Waals surface area (Å²) >= 11 is 1.98. The molecular weight excluding hydrogens is 330 g/mol. The normalized spacial score (nSPS) is 16.4. The van der Waals surface area contributed by atoms with Gasteiger partial charge in [0.2, 0.25) is 0 Å². The second kappa shape index (κ2) is 9.94. The van der Waals surface area contributed by atoms with Gasteiger partial charge in [-0.15, -0.1) is 0 Å². The Balaban J connectivity index is 1.35. The maximum absolute atomic E-state index is 5.67. The van der Waals surface area contributed by atoms with E-state index >= 15 is 0 Å². The van der Waals surface area contributed by atoms with E-state index in [4.69, 9.17) is 10.7 Å². The van der Waals surface area contributed by atoms with Gasteiger partial charge in [-0.05, 0) is 56.9 Å². The lowest BCUT2D eigenvalue weighted by Gasteiger charge is -2.31. The number of thioether (sulfide) groups is 1. The number of likely N-dealkylation sites (tertiary alicyclic amines) is 1. The van der Waals surface area contributed by atoms with Crippen molar-refractivity contribution in [2.75, 3.05) is 31.9 Å². The predicted octanol–water partition coefficient (Wildman–Crippen LogP) is 2.69. The van der Waals surface area contributed by atoms with Crippen LogP contribution in [-0.4, -0.2) is 51.8 Å². The molecule has 0 aliphatic carbocycles. The summed E-state index contributed by atoms with van der Waals surface area (Å²) in [5.74, 6) is 3.98. The highest BCUT2D eigenvalue weighted by Crippen LogP contribution is 2.20. The topological polar surface area (TPSA) is 70.8 Å². The van der Waals surface area contributed by atoms with Gasteiger partial charge in [-0.1, -0.05) is 6.07 Å². The van der Waals surface area contributed by atoms with Gasteiger partial charge in [0, 0.05) is 42.6 Å². The summed E-state index contributed by atoms with van der Waals surface area (Å²) in [5.41, 5.74) is 7.91. The van der Waals surface area contributed by atoms with Crippen LogP contribution >= 0.6 is 11.8 Å². The van der Waals surface area contributed by atoms with Gasteiger partial charge in [-0.25, -0.2) is 4.98 Å². The number of hydrogen-bond acceptors (Lipinski definition) is 5. The quantitative estimate of drug-likeness (QED) is 0.674. The van der Waals surface area contributed by atoms with Crippen LogP contribution in [0.25, 0.3) is 0 Å². The Hall–Kier alpha value is -1.37. The number of aromatic nitrogens is 3. The number of hydrogen-bond donors (Lipinski definition) is 2. The van der Waals surface area contributed by atoms with Gasteiger partial charge in [0.15, 0.2) is 0 Å². The molecule has 2 aromatic rings. The molecule has 6 heteroatoms. The van der Waals surface area contributed by atoms with E-state index in [9.17, 15) is 0 Å². The summed E-state index contributed by atoms with van der Waals surface area (Å²) in [6.07, 6.45) is 8.24. The van der Waals surface area contributed by atoms with Gasteiger partial charge in [-0.3, -0.25) is 4.98 Å². The van der Waals surface area contributed by atoms with Crippen LogP contribution in [0.3, 0.4) is 0 Å². The van der Waals surface area contributed by atoms with Crippen LogP contribution in [0.15, 0.2) is 30.6 Å². The lowest BCUT2D eigenvalue weighted by Crippen LogP contribution is -2.35. The lowest BCUT2D eigenvalue weighted by molar-refractivity contribution is 0.189. The molecule has 136 valence electrons. The summed E-state index contributed by atoms with van der Waals surface area (Å²) < 4.78 is 0. The Bertz CT molecular complexity index is 608. The highest BCUT2D eigenvalue weighted by Gasteiger charge is 2.17. The van der Waals surface area contributed by atoms with Crippen LogP contribution in [-0.2, 0) is 12.2 Å². The third-order valence-electron chi connectivity index (χ3n) is 4.85. The highest BCUT2D eigenvalue weighted by molar-refractivity contribution is 7.98. The van der Waals surface area contributed by atoms with Gasteiger partial charge >= 0.3 is 0 Å². The molecular formula is C19H29N5S. The molecule has 3 heterocycles. The van der Waals surface area contributed by atoms with Crippen LogP contribution in [0.5, 0.6) is 0 Å². The van der Waals surface area contributed by atoms with Crippen molar-refractivity contribution in [3.05, 3.63) is 47.8 Å². The van der Waals surface area contributed by atoms with Crippen molar-refractivity contribution >= 4 is 11.8 Å². The van der Waals surface area contributed by atoms with Gasteiger partial charge in [-0.2, -0.15) is 11.8 Å². The molecule has 0 bridgehead atoms. The molecule has 0 amide bonds. The van der Waals surface area contributed by atoms with Gasteiger partial charge < -0.3 is 15.6 Å². The second-order valence-corrected chi connectivity index (χ2v) is 7.85. The molecule has 5 nitrogen and oxygen atoms in total. The fraction of sp³-hybridized carbons (Fsp3) is 0.579. The first-order valence-corrected chi connectivity index (χ1v) is 10.4. The Morgan fingerprint density at radius 3 is 2.84 bits per heavy atom. The summed E-state index contributed by atoms with van der Waals surface area (Å²) in [6.45, 7) is 4.50. The SMILES string of the molecule is NCCC1CCN(CCSCc2cccc(Cc3ncc[nH]3)n2)CC1. The number of H-pyrrole nitrogens is 1. The zero-order valence-electron chi connectivity index (χ0n) is 14.9. The minimum Gasteiger partial charge on any atom is -0.348 e. The van der Waals surface area contributed by atoms with Crippen molar-refractivity contribution in [1.29, 1.82) is 0 Å². The van der Waals surface area contributed by atoms with Gasteiger partial charge in [0.05, 0.1) is 5.69 Å². The number of rotatable bonds is 9. The van der Waals surface area contributed by atoms with Crippen LogP contribution < -0.4 is 5.73 Å². The standard InChI is InChI=1S/C19H29N5S/c20-7-4-16-5-10-24(11-6-16)12-13-25-15-18-3-1-2-17(23-18)14-19-21-8-9-22-19/h1-3,8-9,16H,4-7,10-15,20H2,(H,21,22). The highest BCUT2D eigenvalue weighted by atomic mass is 32.2. The minimum atomic E-state index is 0.767. The Morgan fingerprint density at radius 1 is 1.24 bits per heavy atom. The summed E-state index contributed by atoms with van der Waals surface area (Å²) in [6, 6.07) is 6.29. The molecule has 3 rings (SSSR count). The number of nitrogens with one attached hydrogen (secondary N) is 1. The maximum atomic E-state index is 5.67. The average Bonchev–Trinajstić information content (AvgIpc) is 3.14. The van der Waals surface area contributed by atoms with Crippen LogP contribution in [0.4, 0.5) is 0 Å². The molecule has 0 radical (unpaired) electrons. The number of nitrogens with zero attached hydrogens (tertiary/aromatic N) is 3. The molecule has 0 aromatic carbocycles. The molecule has 2 aromatic heterocycles. The minimum absolute atomic E-state index is 0.767. The first-order valence-electron chi connectivity index (χ1n) is 9.26. The lowest BCUT2D eigenvalue weighted by atomic mass is 9.94. The molecule has 0 atom stereocenters. The maximum Gasteiger partial charge on any atom is 0.112 e. The molecule has 3 N–H and O–H groups in total. The summed E-state index contributed by atoms with van der Waals surface area (Å²) in [7, 11) is 0. The first kappa shape index (κ1) is 18.4. The monoisotopic (exact) mass is 359 g/mol. The zero-order valence-corrected chi connectivity index (χ0v) is 15.7. The van der Waals surface area contributed by atoms with Crippen LogP contribution in [0.1, 0.15) is 36.5 Å². The Morgan fingerprint density at radius 2 is 2.08 bits per heavy atom. The fourth-order valence-corrected chi connectivity index (χ4v) is 4.28. The van der Waals surface area contributed by atoms with E-state index in [2.05, 4.69) is 33.1 Å². The zero-order chi connectivity index (χ0) is 17.3. The molecule has 0 unspecified atom stereocenters. The predicted molar refractivity (Wildman–Crippen MR) is 105 cm³/mol. The van der Waals surface area contributed by atoms with E-state index in [1.54, 1.807) is 6.20 Å². The van der Waals surface area contributed by atoms with Crippen molar-refractivity contribution in [2.45, 2.75) is 31.4 Å². The molecule has 1 saturated heterocycles. The number of aromatic amines is 1. The van der Waals surface area contributed by atoms with Crippen molar-refractivity contribution < 1.29 is 0 Å². The molecule has 1 aliphatic heterocycles. The van der Waals surface area contributed by atoms with E-state index in [-0.39, 0.29) is 0 Å². The van der Waals surface area contributed by atoms with E-state index < -0.39 is 0 Å². The Kier molecular flexibility index (Phi) is 7.33. The average molecular weight is 360 g/mol. The third-order valence-corrected chi connectivity index (χ3v) is 5.82. The molecule has 1 aliphatic rings. The first-order chi connectivity index (χ1) is 12.3. The fourth-order valence-electron chi connectivity index (χ4n) is 3.38. The van der Waals surface area contributed by atoms with E-state index in [1.165, 1.54) is 44.6 Å². The number of piperidine rings is 1. The van der Waals surface area contributed by atoms with Gasteiger partial charge in [0.25, 0.3) is 0 Å². The second-order valence-electron chi connectivity index (χ2n) is 6.75. The number of pyridine rings is 1. The van der Waals surface area contributed by atoms with Crippen molar-refractivity contribution in [3.63, 3.8) is 0 Å². The van der Waals surface area contributed by atoms with Crippen molar-refractivity contribution in [2.24, 2.45) is 11.7 Å². The van der Waals surface area contributed by atoms with E-state index in [0.717, 1.165) is 41.8 Å². The number of imidazole rings is 1. The summed E-state index contributed by atoms with van der Waals surface area (Å²) in [4.78, 5) is 14.8. The number of nitrogens with two attached hydrogens (primary N) is 1. The summed E-state index contributed by atoms with van der Waals surface area (Å²) in [5, 5.41) is 0. The Labute approximate surface area is 154 Å². The van der Waals surface area contributed by atoms with Crippen molar-refractivity contribution in [1.82, 2.24) is 19.9 Å². The molecule has 1 fully saturated rings. The van der Waals surface area contributed by atoms with Crippen LogP contribution in [0, 0.1) is 5.92 Å². The van der Waals surface area contributed by atoms with Crippen LogP contribution in [0.2, 0.25) is 0 Å². The smallest absolute Gasteiger partial charge is 0.112 e. The largest absolute Gasteiger partial charge is 0.348 e. The molecule has 0 saturated carbocycles. The van der Waals surface area contributed by atoms with E-state index in [0.29, 0.717) is 0 Å². The third kappa shape index (κ3) is 6.13. The van der Waals surface area contributed by atoms with Crippen molar-refractivity contribution in [3.8, 4) is 0 Å². The van der Waals surface area contributed by atoms with Gasteiger partial charge in [0.1, 0.15) is 5.82 Å². The molecule has 25 heavy (non-hydrogen) atoms.